The summed E-state index contributed by atoms with van der Waals surface area (Å²) in [5, 5.41) is 8.75. The lowest BCUT2D eigenvalue weighted by Crippen LogP contribution is -2.41. The number of piperidine rings is 1. The maximum Gasteiger partial charge on any atom is 0.329 e. The molecule has 1 N–H and O–H groups in total. The summed E-state index contributed by atoms with van der Waals surface area (Å²) in [7, 11) is 0. The molecule has 1 aromatic heterocycles. The van der Waals surface area contributed by atoms with Crippen molar-refractivity contribution in [2.24, 2.45) is 0 Å². The van der Waals surface area contributed by atoms with Gasteiger partial charge in [-0.15, -0.1) is 0 Å². The molecule has 1 aromatic rings. The highest BCUT2D eigenvalue weighted by atomic mass is 79.9. The van der Waals surface area contributed by atoms with Gasteiger partial charge in [0.2, 0.25) is 0 Å². The molecule has 0 spiro atoms. The number of carbonyl (C=O) groups is 2. The SMILES string of the molecule is O=C(O)COC1CCN(C(=O)c2cc(Br)cnc2Cl)CC1. The van der Waals surface area contributed by atoms with E-state index in [1.54, 1.807) is 11.0 Å². The molecule has 1 aliphatic heterocycles. The number of hydrogen-bond donors (Lipinski definition) is 1. The predicted octanol–water partition coefficient (Wildman–Crippen LogP) is 2.20. The van der Waals surface area contributed by atoms with Crippen LogP contribution < -0.4 is 0 Å². The van der Waals surface area contributed by atoms with Crippen LogP contribution in [0.3, 0.4) is 0 Å². The van der Waals surface area contributed by atoms with E-state index in [2.05, 4.69) is 20.9 Å². The van der Waals surface area contributed by atoms with Crippen molar-refractivity contribution in [2.45, 2.75) is 18.9 Å². The van der Waals surface area contributed by atoms with E-state index in [0.29, 0.717) is 36.0 Å². The van der Waals surface area contributed by atoms with E-state index in [1.807, 2.05) is 0 Å². The molecule has 1 amide bonds. The molecule has 8 heteroatoms. The van der Waals surface area contributed by atoms with Crippen molar-refractivity contribution in [2.75, 3.05) is 19.7 Å². The summed E-state index contributed by atoms with van der Waals surface area (Å²) < 4.78 is 5.93. The molecule has 2 heterocycles. The summed E-state index contributed by atoms with van der Waals surface area (Å²) in [4.78, 5) is 28.5. The lowest BCUT2D eigenvalue weighted by atomic mass is 10.1. The van der Waals surface area contributed by atoms with Crippen molar-refractivity contribution in [3.05, 3.63) is 27.5 Å². The molecule has 114 valence electrons. The Morgan fingerprint density at radius 2 is 2.14 bits per heavy atom. The maximum absolute atomic E-state index is 12.4. The lowest BCUT2D eigenvalue weighted by molar-refractivity contribution is -0.145. The second-order valence-corrected chi connectivity index (χ2v) is 5.96. The van der Waals surface area contributed by atoms with Gasteiger partial charge >= 0.3 is 5.97 Å². The molecule has 0 aliphatic carbocycles. The second-order valence-electron chi connectivity index (χ2n) is 4.69. The molecule has 0 aromatic carbocycles. The fourth-order valence-electron chi connectivity index (χ4n) is 2.16. The highest BCUT2D eigenvalue weighted by molar-refractivity contribution is 9.10. The number of aromatic nitrogens is 1. The minimum atomic E-state index is -0.986. The van der Waals surface area contributed by atoms with Crippen molar-refractivity contribution in [1.29, 1.82) is 0 Å². The zero-order valence-corrected chi connectivity index (χ0v) is 13.4. The molecule has 2 rings (SSSR count). The zero-order chi connectivity index (χ0) is 15.4. The number of hydrogen-bond acceptors (Lipinski definition) is 4. The molecule has 1 saturated heterocycles. The molecule has 21 heavy (non-hydrogen) atoms. The Kier molecular flexibility index (Phi) is 5.55. The predicted molar refractivity (Wildman–Crippen MR) is 79.5 cm³/mol. The molecule has 0 unspecified atom stereocenters. The van der Waals surface area contributed by atoms with Crippen LogP contribution in [0, 0.1) is 0 Å². The summed E-state index contributed by atoms with van der Waals surface area (Å²) in [6.07, 6.45) is 2.63. The van der Waals surface area contributed by atoms with E-state index < -0.39 is 5.97 Å². The van der Waals surface area contributed by atoms with Gasteiger partial charge in [-0.1, -0.05) is 11.6 Å². The number of aliphatic carboxylic acids is 1. The van der Waals surface area contributed by atoms with Crippen LogP contribution in [0.5, 0.6) is 0 Å². The quantitative estimate of drug-likeness (QED) is 0.814. The van der Waals surface area contributed by atoms with Gasteiger partial charge in [-0.25, -0.2) is 9.78 Å². The standard InChI is InChI=1S/C13H14BrClN2O4/c14-8-5-10(12(15)16-6-8)13(20)17-3-1-9(2-4-17)21-7-11(18)19/h5-6,9H,1-4,7H2,(H,18,19). The maximum atomic E-state index is 12.4. The average Bonchev–Trinajstić information content (AvgIpc) is 2.47. The first-order valence-corrected chi connectivity index (χ1v) is 7.58. The molecule has 6 nitrogen and oxygen atoms in total. The topological polar surface area (TPSA) is 79.7 Å². The fraction of sp³-hybridized carbons (Fsp3) is 0.462. The summed E-state index contributed by atoms with van der Waals surface area (Å²) in [5.41, 5.74) is 0.357. The van der Waals surface area contributed by atoms with Crippen molar-refractivity contribution in [1.82, 2.24) is 9.88 Å². The van der Waals surface area contributed by atoms with Crippen molar-refractivity contribution < 1.29 is 19.4 Å². The number of halogens is 2. The fourth-order valence-corrected chi connectivity index (χ4v) is 2.67. The van der Waals surface area contributed by atoms with Crippen molar-refractivity contribution >= 4 is 39.4 Å². The van der Waals surface area contributed by atoms with Gasteiger partial charge in [-0.3, -0.25) is 4.79 Å². The van der Waals surface area contributed by atoms with Gasteiger partial charge in [0.1, 0.15) is 11.8 Å². The molecule has 0 bridgehead atoms. The van der Waals surface area contributed by atoms with E-state index in [1.165, 1.54) is 6.20 Å². The molecule has 1 aliphatic rings. The molecule has 1 fully saturated rings. The van der Waals surface area contributed by atoms with Gasteiger partial charge in [0.25, 0.3) is 5.91 Å². The average molecular weight is 378 g/mol. The van der Waals surface area contributed by atoms with E-state index in [0.717, 1.165) is 0 Å². The van der Waals surface area contributed by atoms with Gasteiger partial charge in [0.15, 0.2) is 0 Å². The first-order chi connectivity index (χ1) is 9.97. The van der Waals surface area contributed by atoms with Gasteiger partial charge in [-0.2, -0.15) is 0 Å². The third kappa shape index (κ3) is 4.39. The first kappa shape index (κ1) is 16.2. The minimum absolute atomic E-state index is 0.124. The summed E-state index contributed by atoms with van der Waals surface area (Å²) in [5.74, 6) is -1.16. The van der Waals surface area contributed by atoms with E-state index in [9.17, 15) is 9.59 Å². The van der Waals surface area contributed by atoms with Crippen LogP contribution in [0.25, 0.3) is 0 Å². The molecule has 0 atom stereocenters. The van der Waals surface area contributed by atoms with Crippen LogP contribution in [0.15, 0.2) is 16.7 Å². The van der Waals surface area contributed by atoms with Crippen LogP contribution in [0.1, 0.15) is 23.2 Å². The van der Waals surface area contributed by atoms with E-state index in [4.69, 9.17) is 21.4 Å². The third-order valence-electron chi connectivity index (χ3n) is 3.21. The Hall–Kier alpha value is -1.18. The first-order valence-electron chi connectivity index (χ1n) is 6.41. The van der Waals surface area contributed by atoms with E-state index in [-0.39, 0.29) is 23.8 Å². The Morgan fingerprint density at radius 3 is 2.76 bits per heavy atom. The largest absolute Gasteiger partial charge is 0.480 e. The zero-order valence-electron chi connectivity index (χ0n) is 11.1. The summed E-state index contributed by atoms with van der Waals surface area (Å²) in [6, 6.07) is 1.64. The Morgan fingerprint density at radius 1 is 1.48 bits per heavy atom. The van der Waals surface area contributed by atoms with Crippen LogP contribution >= 0.6 is 27.5 Å². The van der Waals surface area contributed by atoms with Gasteiger partial charge in [0.05, 0.1) is 11.7 Å². The molecular formula is C13H14BrClN2O4. The van der Waals surface area contributed by atoms with Crippen LogP contribution in [-0.4, -0.2) is 52.7 Å². The van der Waals surface area contributed by atoms with Crippen LogP contribution in [-0.2, 0) is 9.53 Å². The van der Waals surface area contributed by atoms with Crippen molar-refractivity contribution in [3.63, 3.8) is 0 Å². The van der Waals surface area contributed by atoms with Gasteiger partial charge in [-0.05, 0) is 34.8 Å². The smallest absolute Gasteiger partial charge is 0.329 e. The third-order valence-corrected chi connectivity index (χ3v) is 3.94. The van der Waals surface area contributed by atoms with E-state index >= 15 is 0 Å². The van der Waals surface area contributed by atoms with Crippen molar-refractivity contribution in [3.8, 4) is 0 Å². The number of carboxylic acid groups (broad SMARTS) is 1. The second kappa shape index (κ2) is 7.20. The number of likely N-dealkylation sites (tertiary alicyclic amines) is 1. The number of pyridine rings is 1. The highest BCUT2D eigenvalue weighted by Crippen LogP contribution is 2.22. The van der Waals surface area contributed by atoms with Crippen LogP contribution in [0.4, 0.5) is 0 Å². The highest BCUT2D eigenvalue weighted by Gasteiger charge is 2.26. The van der Waals surface area contributed by atoms with Gasteiger partial charge < -0.3 is 14.7 Å². The number of ether oxygens (including phenoxy) is 1. The molecular weight excluding hydrogens is 364 g/mol. The monoisotopic (exact) mass is 376 g/mol. The number of carbonyl (C=O) groups excluding carboxylic acids is 1. The lowest BCUT2D eigenvalue weighted by Gasteiger charge is -2.31. The Balaban J connectivity index is 1.94. The van der Waals surface area contributed by atoms with Crippen LogP contribution in [0.2, 0.25) is 5.15 Å². The normalized spacial score (nSPS) is 16.0. The number of rotatable bonds is 4. The number of amides is 1. The summed E-state index contributed by atoms with van der Waals surface area (Å²) in [6.45, 7) is 0.706. The number of carboxylic acids is 1. The Labute approximate surface area is 135 Å². The number of nitrogens with zero attached hydrogens (tertiary/aromatic N) is 2. The molecule has 0 saturated carbocycles. The molecule has 0 radical (unpaired) electrons. The Bertz CT molecular complexity index is 547. The summed E-state index contributed by atoms with van der Waals surface area (Å²) >= 11 is 9.22. The minimum Gasteiger partial charge on any atom is -0.480 e. The van der Waals surface area contributed by atoms with Gasteiger partial charge in [0, 0.05) is 23.8 Å².